The van der Waals surface area contributed by atoms with Gasteiger partial charge in [-0.05, 0) is 48.9 Å². The summed E-state index contributed by atoms with van der Waals surface area (Å²) in [6.07, 6.45) is 1.27. The number of halogens is 2. The Kier molecular flexibility index (Phi) is 8.75. The number of ether oxygens (including phenoxy) is 1. The largest absolute Gasteiger partial charge is 0.790 e. The van der Waals surface area contributed by atoms with Crippen molar-refractivity contribution < 1.29 is 32.8 Å². The first-order chi connectivity index (χ1) is 18.2. The van der Waals surface area contributed by atoms with Crippen LogP contribution in [0.25, 0.3) is 0 Å². The Balaban J connectivity index is 2.02. The number of phosphoric ester groups is 1. The summed E-state index contributed by atoms with van der Waals surface area (Å²) in [5, 5.41) is 2.91. The molecule has 0 radical (unpaired) electrons. The molecule has 0 fully saturated rings. The molecule has 40 heavy (non-hydrogen) atoms. The first-order valence-electron chi connectivity index (χ1n) is 12.3. The topological polar surface area (TPSA) is 133 Å². The highest BCUT2D eigenvalue weighted by Crippen LogP contribution is 2.55. The molecule has 9 nitrogen and oxygen atoms in total. The number of nitrogens with zero attached hydrogens (tertiary/aromatic N) is 1. The third kappa shape index (κ3) is 6.65. The molecule has 216 valence electrons. The van der Waals surface area contributed by atoms with Gasteiger partial charge >= 0.3 is 0 Å². The van der Waals surface area contributed by atoms with Gasteiger partial charge in [-0.25, -0.2) is 4.39 Å². The van der Waals surface area contributed by atoms with Crippen molar-refractivity contribution in [1.82, 2.24) is 4.57 Å². The molecule has 12 heteroatoms. The van der Waals surface area contributed by atoms with Gasteiger partial charge in [-0.15, -0.1) is 0 Å². The number of carbonyl (C=O) groups excluding carboxylic acids is 1. The first kappa shape index (κ1) is 31.5. The molecule has 1 aromatic heterocycles. The number of hydrogen-bond acceptors (Lipinski definition) is 7. The lowest BCUT2D eigenvalue weighted by molar-refractivity contribution is -0.368. The van der Waals surface area contributed by atoms with Crippen LogP contribution < -0.4 is 25.4 Å². The number of aryl methyl sites for hydroxylation is 1. The molecule has 1 heterocycles. The smallest absolute Gasteiger partial charge is 0.259 e. The van der Waals surface area contributed by atoms with E-state index in [9.17, 15) is 28.3 Å². The normalized spacial score (nSPS) is 12.8. The first-order valence-corrected chi connectivity index (χ1v) is 14.1. The van der Waals surface area contributed by atoms with E-state index in [0.29, 0.717) is 16.3 Å². The third-order valence-electron chi connectivity index (χ3n) is 6.34. The maximum absolute atomic E-state index is 13.5. The molecule has 0 aliphatic rings. The lowest BCUT2D eigenvalue weighted by Crippen LogP contribution is -2.60. The average Bonchev–Trinajstić information content (AvgIpc) is 2.77. The Morgan fingerprint density at radius 1 is 0.975 bits per heavy atom. The summed E-state index contributed by atoms with van der Waals surface area (Å²) in [4.78, 5) is 50.3. The van der Waals surface area contributed by atoms with Crippen molar-refractivity contribution in [3.05, 3.63) is 87.0 Å². The Morgan fingerprint density at radius 2 is 1.60 bits per heavy atom. The number of hydrogen-bond donors (Lipinski definition) is 1. The van der Waals surface area contributed by atoms with Gasteiger partial charge < -0.3 is 28.9 Å². The van der Waals surface area contributed by atoms with Gasteiger partial charge in [0, 0.05) is 39.9 Å². The molecule has 2 aromatic carbocycles. The van der Waals surface area contributed by atoms with Gasteiger partial charge in [0.25, 0.3) is 11.5 Å². The molecule has 1 amide bonds. The lowest BCUT2D eigenvalue weighted by Gasteiger charge is -2.56. The van der Waals surface area contributed by atoms with Gasteiger partial charge in [0.05, 0.1) is 13.4 Å². The van der Waals surface area contributed by atoms with Crippen LogP contribution in [0.3, 0.4) is 0 Å². The predicted octanol–water partition coefficient (Wildman–Crippen LogP) is 5.58. The molecular formula is C28H31ClFN2O7P-2. The Hall–Kier alpha value is -3.01. The van der Waals surface area contributed by atoms with E-state index >= 15 is 0 Å². The maximum atomic E-state index is 13.5. The van der Waals surface area contributed by atoms with E-state index in [2.05, 4.69) is 5.32 Å². The van der Waals surface area contributed by atoms with Gasteiger partial charge in [-0.3, -0.25) is 14.2 Å². The van der Waals surface area contributed by atoms with Crippen molar-refractivity contribution in [1.29, 1.82) is 0 Å². The Bertz CT molecular complexity index is 1520. The van der Waals surface area contributed by atoms with Crippen LogP contribution >= 0.6 is 19.4 Å². The fraction of sp³-hybridized carbons (Fsp3) is 0.357. The van der Waals surface area contributed by atoms with Crippen LogP contribution in [-0.2, 0) is 14.8 Å². The molecule has 1 N–H and O–H groups in total. The van der Waals surface area contributed by atoms with Crippen molar-refractivity contribution in [3.8, 4) is 11.5 Å². The van der Waals surface area contributed by atoms with Crippen LogP contribution in [0.1, 0.15) is 57.5 Å². The van der Waals surface area contributed by atoms with E-state index in [-0.39, 0.29) is 17.0 Å². The number of pyridine rings is 1. The molecule has 0 aliphatic heterocycles. The molecule has 0 saturated carbocycles. The molecule has 0 atom stereocenters. The molecule has 0 saturated heterocycles. The second-order valence-corrected chi connectivity index (χ2v) is 12.9. The van der Waals surface area contributed by atoms with Crippen molar-refractivity contribution >= 4 is 31.0 Å². The summed E-state index contributed by atoms with van der Waals surface area (Å²) >= 11 is 6.12. The lowest BCUT2D eigenvalue weighted by atomic mass is 9.68. The number of anilines is 1. The number of amides is 1. The molecular weight excluding hydrogens is 562 g/mol. The number of nitrogens with one attached hydrogen (secondary N) is 1. The van der Waals surface area contributed by atoms with Crippen molar-refractivity contribution in [3.63, 3.8) is 0 Å². The minimum Gasteiger partial charge on any atom is -0.790 e. The molecule has 3 aromatic rings. The van der Waals surface area contributed by atoms with Crippen LogP contribution in [0.4, 0.5) is 10.1 Å². The molecule has 0 spiro atoms. The third-order valence-corrected chi connectivity index (χ3v) is 7.06. The van der Waals surface area contributed by atoms with E-state index in [1.165, 1.54) is 48.7 Å². The Labute approximate surface area is 237 Å². The average molecular weight is 593 g/mol. The minimum atomic E-state index is -5.56. The van der Waals surface area contributed by atoms with Crippen molar-refractivity contribution in [2.75, 3.05) is 5.32 Å². The van der Waals surface area contributed by atoms with Gasteiger partial charge in [-0.1, -0.05) is 53.1 Å². The SMILES string of the molecule is Cc1cc(F)ccc1Oc1cc(Cl)ccc1C(=O)Nc1ccn(C(OP(=O)([O-])[O-])(C(C)(C)C)C(C)(C)C)c(=O)c1. The zero-order valence-electron chi connectivity index (χ0n) is 23.2. The summed E-state index contributed by atoms with van der Waals surface area (Å²) in [7, 11) is -5.56. The summed E-state index contributed by atoms with van der Waals surface area (Å²) in [6, 6.07) is 10.8. The van der Waals surface area contributed by atoms with Crippen LogP contribution in [-0.4, -0.2) is 10.5 Å². The zero-order chi connectivity index (χ0) is 30.3. The number of rotatable bonds is 7. The minimum absolute atomic E-state index is 0.0815. The van der Waals surface area contributed by atoms with E-state index in [1.54, 1.807) is 48.5 Å². The zero-order valence-corrected chi connectivity index (χ0v) is 24.9. The van der Waals surface area contributed by atoms with Crippen molar-refractivity contribution in [2.24, 2.45) is 10.8 Å². The van der Waals surface area contributed by atoms with Crippen LogP contribution in [0, 0.1) is 23.6 Å². The fourth-order valence-electron chi connectivity index (χ4n) is 4.96. The van der Waals surface area contributed by atoms with Gasteiger partial charge in [-0.2, -0.15) is 0 Å². The second-order valence-electron chi connectivity index (χ2n) is 11.4. The number of carbonyl (C=O) groups is 1. The molecule has 0 bridgehead atoms. The number of phosphoric acid groups is 1. The maximum Gasteiger partial charge on any atom is 0.259 e. The van der Waals surface area contributed by atoms with Crippen molar-refractivity contribution in [2.45, 2.75) is 54.2 Å². The van der Waals surface area contributed by atoms with Gasteiger partial charge in [0.1, 0.15) is 17.3 Å². The number of aromatic nitrogens is 1. The summed E-state index contributed by atoms with van der Waals surface area (Å²) in [6.45, 7) is 11.6. The van der Waals surface area contributed by atoms with Gasteiger partial charge in [0.15, 0.2) is 5.72 Å². The quantitative estimate of drug-likeness (QED) is 0.354. The van der Waals surface area contributed by atoms with E-state index in [1.807, 2.05) is 0 Å². The summed E-state index contributed by atoms with van der Waals surface area (Å²) in [5.74, 6) is -0.664. The van der Waals surface area contributed by atoms with Crippen LogP contribution in [0.15, 0.2) is 59.5 Å². The standard InChI is InChI=1S/C28H33ClFN2O7P/c1-17-14-19(30)9-11-22(17)38-23-15-18(29)8-10-21(23)25(34)31-20-12-13-32(24(33)16-20)28(26(2,3)4,27(5,6)7)39-40(35,36)37/h8-16H,1-7H3,(H,31,34)(H2,35,36,37)/p-2. The molecule has 3 rings (SSSR count). The van der Waals surface area contributed by atoms with Gasteiger partial charge in [0.2, 0.25) is 0 Å². The van der Waals surface area contributed by atoms with E-state index in [0.717, 1.165) is 10.6 Å². The van der Waals surface area contributed by atoms with Crippen LogP contribution in [0.2, 0.25) is 5.02 Å². The van der Waals surface area contributed by atoms with Crippen LogP contribution in [0.5, 0.6) is 11.5 Å². The summed E-state index contributed by atoms with van der Waals surface area (Å²) < 4.78 is 37.5. The fourth-order valence-corrected chi connectivity index (χ4v) is 6.08. The highest BCUT2D eigenvalue weighted by Gasteiger charge is 2.55. The monoisotopic (exact) mass is 592 g/mol. The molecule has 0 unspecified atom stereocenters. The number of benzene rings is 2. The highest BCUT2D eigenvalue weighted by atomic mass is 35.5. The molecule has 0 aliphatic carbocycles. The van der Waals surface area contributed by atoms with E-state index in [4.69, 9.17) is 20.9 Å². The highest BCUT2D eigenvalue weighted by molar-refractivity contribution is 7.43. The second kappa shape index (κ2) is 11.1. The predicted molar refractivity (Wildman–Crippen MR) is 147 cm³/mol. The van der Waals surface area contributed by atoms with E-state index < -0.39 is 41.7 Å². The summed E-state index contributed by atoms with van der Waals surface area (Å²) in [5.41, 5.74) is -4.03. The Morgan fingerprint density at radius 3 is 2.12 bits per heavy atom.